The Balaban J connectivity index is 2.59. The Hall–Kier alpha value is -2.27. The maximum absolute atomic E-state index is 11.6. The van der Waals surface area contributed by atoms with Crippen molar-refractivity contribution < 1.29 is 0 Å². The first-order valence-corrected chi connectivity index (χ1v) is 4.76. The van der Waals surface area contributed by atoms with E-state index in [4.69, 9.17) is 5.84 Å². The molecule has 0 saturated heterocycles. The van der Waals surface area contributed by atoms with Crippen molar-refractivity contribution in [1.29, 1.82) is 0 Å². The molecule has 2 aromatic rings. The molecule has 1 aromatic heterocycles. The molecule has 0 amide bonds. The minimum absolute atomic E-state index is 0.248. The van der Waals surface area contributed by atoms with Gasteiger partial charge < -0.3 is 5.43 Å². The zero-order valence-corrected chi connectivity index (χ0v) is 8.58. The highest BCUT2D eigenvalue weighted by Crippen LogP contribution is 2.21. The van der Waals surface area contributed by atoms with E-state index in [0.717, 1.165) is 5.56 Å². The average Bonchev–Trinajstić information content (AvgIpc) is 2.71. The predicted molar refractivity (Wildman–Crippen MR) is 63.2 cm³/mol. The van der Waals surface area contributed by atoms with Crippen molar-refractivity contribution in [2.45, 2.75) is 0 Å². The first kappa shape index (κ1) is 10.3. The number of rotatable bonds is 3. The molecule has 0 radical (unpaired) electrons. The Kier molecular flexibility index (Phi) is 2.61. The Morgan fingerprint density at radius 3 is 2.56 bits per heavy atom. The number of H-pyrrole nitrogens is 2. The summed E-state index contributed by atoms with van der Waals surface area (Å²) in [6, 6.07) is 9.48. The number of nitrogens with one attached hydrogen (secondary N) is 3. The number of hydrazine groups is 1. The van der Waals surface area contributed by atoms with E-state index in [9.17, 15) is 4.79 Å². The van der Waals surface area contributed by atoms with Gasteiger partial charge in [-0.3, -0.25) is 20.8 Å². The van der Waals surface area contributed by atoms with Crippen molar-refractivity contribution in [2.75, 3.05) is 0 Å². The highest BCUT2D eigenvalue weighted by atomic mass is 16.1. The minimum Gasteiger partial charge on any atom is -0.324 e. The fourth-order valence-electron chi connectivity index (χ4n) is 1.54. The standard InChI is InChI=1S/C11H12N4O/c1-7(13-12)9-10(14-15-11(9)16)8-5-3-2-4-6-8/h2-6,13H,1,12H2,(H2,14,15,16). The molecule has 0 aliphatic carbocycles. The van der Waals surface area contributed by atoms with Gasteiger partial charge in [0.2, 0.25) is 0 Å². The average molecular weight is 216 g/mol. The second-order valence-electron chi connectivity index (χ2n) is 3.32. The molecule has 0 unspecified atom stereocenters. The lowest BCUT2D eigenvalue weighted by molar-refractivity contribution is 0.992. The summed E-state index contributed by atoms with van der Waals surface area (Å²) in [7, 11) is 0. The molecule has 1 aromatic carbocycles. The minimum atomic E-state index is -0.248. The van der Waals surface area contributed by atoms with Gasteiger partial charge >= 0.3 is 0 Å². The Labute approximate surface area is 91.9 Å². The summed E-state index contributed by atoms with van der Waals surface area (Å²) in [6.07, 6.45) is 0. The van der Waals surface area contributed by atoms with E-state index < -0.39 is 0 Å². The van der Waals surface area contributed by atoms with Crippen molar-refractivity contribution >= 4 is 5.70 Å². The van der Waals surface area contributed by atoms with Gasteiger partial charge in [-0.05, 0) is 0 Å². The largest absolute Gasteiger partial charge is 0.324 e. The molecule has 0 saturated carbocycles. The van der Waals surface area contributed by atoms with Gasteiger partial charge in [0.05, 0.1) is 17.0 Å². The highest BCUT2D eigenvalue weighted by Gasteiger charge is 2.13. The van der Waals surface area contributed by atoms with E-state index in [-0.39, 0.29) is 5.56 Å². The topological polar surface area (TPSA) is 86.7 Å². The van der Waals surface area contributed by atoms with Gasteiger partial charge in [0, 0.05) is 5.56 Å². The third-order valence-corrected chi connectivity index (χ3v) is 2.32. The fraction of sp³-hybridized carbons (Fsp3) is 0. The summed E-state index contributed by atoms with van der Waals surface area (Å²) in [4.78, 5) is 11.6. The van der Waals surface area contributed by atoms with Crippen LogP contribution in [0.15, 0.2) is 41.7 Å². The van der Waals surface area contributed by atoms with Crippen LogP contribution in [0.2, 0.25) is 0 Å². The lowest BCUT2D eigenvalue weighted by atomic mass is 10.1. The Morgan fingerprint density at radius 2 is 1.94 bits per heavy atom. The maximum atomic E-state index is 11.6. The van der Waals surface area contributed by atoms with E-state index in [1.807, 2.05) is 30.3 Å². The van der Waals surface area contributed by atoms with E-state index >= 15 is 0 Å². The molecular weight excluding hydrogens is 204 g/mol. The maximum Gasteiger partial charge on any atom is 0.273 e. The number of hydrogen-bond donors (Lipinski definition) is 4. The van der Waals surface area contributed by atoms with Crippen LogP contribution < -0.4 is 16.8 Å². The molecule has 0 fully saturated rings. The zero-order valence-electron chi connectivity index (χ0n) is 8.58. The Morgan fingerprint density at radius 1 is 1.25 bits per heavy atom. The second kappa shape index (κ2) is 4.08. The normalized spacial score (nSPS) is 10.1. The number of aromatic nitrogens is 2. The number of hydrogen-bond acceptors (Lipinski definition) is 3. The van der Waals surface area contributed by atoms with Gasteiger partial charge in [0.25, 0.3) is 5.56 Å². The third kappa shape index (κ3) is 1.64. The molecule has 5 N–H and O–H groups in total. The van der Waals surface area contributed by atoms with Crippen LogP contribution in [0.3, 0.4) is 0 Å². The summed E-state index contributed by atoms with van der Waals surface area (Å²) in [6.45, 7) is 3.69. The summed E-state index contributed by atoms with van der Waals surface area (Å²) in [5, 5.41) is 5.33. The Bertz CT molecular complexity index is 553. The van der Waals surface area contributed by atoms with Crippen LogP contribution in [0, 0.1) is 0 Å². The van der Waals surface area contributed by atoms with E-state index in [0.29, 0.717) is 17.0 Å². The van der Waals surface area contributed by atoms with Crippen LogP contribution in [0.25, 0.3) is 17.0 Å². The summed E-state index contributed by atoms with van der Waals surface area (Å²) >= 11 is 0. The summed E-state index contributed by atoms with van der Waals surface area (Å²) < 4.78 is 0. The van der Waals surface area contributed by atoms with E-state index in [2.05, 4.69) is 22.2 Å². The first-order valence-electron chi connectivity index (χ1n) is 4.76. The van der Waals surface area contributed by atoms with Gasteiger partial charge in [-0.25, -0.2) is 0 Å². The van der Waals surface area contributed by atoms with Gasteiger partial charge in [-0.1, -0.05) is 36.9 Å². The number of benzene rings is 1. The second-order valence-corrected chi connectivity index (χ2v) is 3.32. The van der Waals surface area contributed by atoms with Crippen molar-refractivity contribution in [3.63, 3.8) is 0 Å². The van der Waals surface area contributed by atoms with Crippen LogP contribution in [0.5, 0.6) is 0 Å². The molecule has 0 atom stereocenters. The smallest absolute Gasteiger partial charge is 0.273 e. The molecule has 0 spiro atoms. The highest BCUT2D eigenvalue weighted by molar-refractivity contribution is 5.76. The lowest BCUT2D eigenvalue weighted by Gasteiger charge is -2.04. The van der Waals surface area contributed by atoms with Crippen molar-refractivity contribution in [3.8, 4) is 11.3 Å². The molecule has 0 bridgehead atoms. The summed E-state index contributed by atoms with van der Waals surface area (Å²) in [5.41, 5.74) is 4.51. The van der Waals surface area contributed by atoms with Crippen LogP contribution in [0.4, 0.5) is 0 Å². The monoisotopic (exact) mass is 216 g/mol. The van der Waals surface area contributed by atoms with Crippen molar-refractivity contribution in [3.05, 3.63) is 52.8 Å². The SMILES string of the molecule is C=C(NN)c1c(-c2ccccc2)[nH][nH]c1=O. The fourth-order valence-corrected chi connectivity index (χ4v) is 1.54. The van der Waals surface area contributed by atoms with Crippen LogP contribution in [-0.4, -0.2) is 10.2 Å². The van der Waals surface area contributed by atoms with E-state index in [1.165, 1.54) is 0 Å². The van der Waals surface area contributed by atoms with Crippen molar-refractivity contribution in [1.82, 2.24) is 15.6 Å². The van der Waals surface area contributed by atoms with Gasteiger partial charge in [-0.2, -0.15) is 0 Å². The molecular formula is C11H12N4O. The van der Waals surface area contributed by atoms with Gasteiger partial charge in [0.1, 0.15) is 0 Å². The molecule has 2 rings (SSSR count). The zero-order chi connectivity index (χ0) is 11.5. The molecule has 0 aliphatic rings. The predicted octanol–water partition coefficient (Wildman–Crippen LogP) is 0.804. The van der Waals surface area contributed by atoms with E-state index in [1.54, 1.807) is 0 Å². The molecule has 82 valence electrons. The van der Waals surface area contributed by atoms with Gasteiger partial charge in [0.15, 0.2) is 0 Å². The third-order valence-electron chi connectivity index (χ3n) is 2.32. The molecule has 5 nitrogen and oxygen atoms in total. The van der Waals surface area contributed by atoms with Crippen LogP contribution in [-0.2, 0) is 0 Å². The summed E-state index contributed by atoms with van der Waals surface area (Å²) in [5.74, 6) is 5.26. The number of nitrogens with two attached hydrogens (primary N) is 1. The lowest BCUT2D eigenvalue weighted by Crippen LogP contribution is -2.22. The van der Waals surface area contributed by atoms with Crippen LogP contribution in [0.1, 0.15) is 5.56 Å². The van der Waals surface area contributed by atoms with Crippen LogP contribution >= 0.6 is 0 Å². The first-order chi connectivity index (χ1) is 7.74. The molecule has 0 aliphatic heterocycles. The van der Waals surface area contributed by atoms with Gasteiger partial charge in [-0.15, -0.1) is 0 Å². The quantitative estimate of drug-likeness (QED) is 0.452. The molecule has 16 heavy (non-hydrogen) atoms. The number of aromatic amines is 2. The molecule has 5 heteroatoms. The molecule has 1 heterocycles. The van der Waals surface area contributed by atoms with Crippen molar-refractivity contribution in [2.24, 2.45) is 5.84 Å².